The molecule has 0 radical (unpaired) electrons. The molecule has 2 aromatic rings. The van der Waals surface area contributed by atoms with E-state index in [4.69, 9.17) is 5.73 Å². The van der Waals surface area contributed by atoms with E-state index in [1.54, 1.807) is 13.8 Å². The number of benzene rings is 1. The first-order chi connectivity index (χ1) is 8.43. The number of anilines is 1. The standard InChI is InChI=1S/C12H10BrF2N3/c1-5-6(2)12(16)18-17-11(5)9-8(14)4-3-7(13)10(9)15/h3-4H,1-2H3,(H2,16,18). The Kier molecular flexibility index (Phi) is 3.30. The van der Waals surface area contributed by atoms with Crippen LogP contribution in [0.4, 0.5) is 14.6 Å². The molecule has 0 atom stereocenters. The van der Waals surface area contributed by atoms with Gasteiger partial charge in [-0.3, -0.25) is 0 Å². The topological polar surface area (TPSA) is 51.8 Å². The minimum atomic E-state index is -0.698. The summed E-state index contributed by atoms with van der Waals surface area (Å²) in [6.45, 7) is 3.44. The molecule has 0 unspecified atom stereocenters. The van der Waals surface area contributed by atoms with Crippen LogP contribution in [0.25, 0.3) is 11.3 Å². The van der Waals surface area contributed by atoms with Gasteiger partial charge in [0.25, 0.3) is 0 Å². The molecule has 0 fully saturated rings. The fourth-order valence-corrected chi connectivity index (χ4v) is 1.94. The van der Waals surface area contributed by atoms with Crippen LogP contribution in [0.1, 0.15) is 11.1 Å². The minimum absolute atomic E-state index is 0.165. The van der Waals surface area contributed by atoms with Crippen molar-refractivity contribution in [2.75, 3.05) is 5.73 Å². The Morgan fingerprint density at radius 1 is 1.11 bits per heavy atom. The van der Waals surface area contributed by atoms with E-state index < -0.39 is 11.6 Å². The zero-order chi connectivity index (χ0) is 13.4. The van der Waals surface area contributed by atoms with Gasteiger partial charge in [0, 0.05) is 0 Å². The smallest absolute Gasteiger partial charge is 0.149 e. The average Bonchev–Trinajstić information content (AvgIpc) is 2.34. The van der Waals surface area contributed by atoms with Crippen molar-refractivity contribution in [2.45, 2.75) is 13.8 Å². The molecule has 0 bridgehead atoms. The summed E-state index contributed by atoms with van der Waals surface area (Å²) in [6.07, 6.45) is 0. The van der Waals surface area contributed by atoms with Crippen molar-refractivity contribution < 1.29 is 8.78 Å². The third kappa shape index (κ3) is 1.96. The maximum atomic E-state index is 14.0. The van der Waals surface area contributed by atoms with Gasteiger partial charge >= 0.3 is 0 Å². The molecule has 0 spiro atoms. The van der Waals surface area contributed by atoms with Crippen LogP contribution in [-0.2, 0) is 0 Å². The number of nitrogens with zero attached hydrogens (tertiary/aromatic N) is 2. The van der Waals surface area contributed by atoms with Crippen LogP contribution in [-0.4, -0.2) is 10.2 Å². The summed E-state index contributed by atoms with van der Waals surface area (Å²) < 4.78 is 27.9. The summed E-state index contributed by atoms with van der Waals surface area (Å²) in [5.74, 6) is -1.12. The average molecular weight is 314 g/mol. The number of hydrogen-bond donors (Lipinski definition) is 1. The van der Waals surface area contributed by atoms with Crippen LogP contribution in [0.2, 0.25) is 0 Å². The Morgan fingerprint density at radius 3 is 2.44 bits per heavy atom. The molecule has 2 N–H and O–H groups in total. The predicted octanol–water partition coefficient (Wildman–Crippen LogP) is 3.38. The largest absolute Gasteiger partial charge is 0.382 e. The van der Waals surface area contributed by atoms with Crippen LogP contribution < -0.4 is 5.73 Å². The zero-order valence-electron chi connectivity index (χ0n) is 9.76. The van der Waals surface area contributed by atoms with Gasteiger partial charge < -0.3 is 5.73 Å². The lowest BCUT2D eigenvalue weighted by atomic mass is 10.0. The van der Waals surface area contributed by atoms with Gasteiger partial charge in [-0.25, -0.2) is 8.78 Å². The van der Waals surface area contributed by atoms with E-state index in [0.29, 0.717) is 11.1 Å². The molecule has 0 saturated carbocycles. The summed E-state index contributed by atoms with van der Waals surface area (Å²) in [5.41, 5.74) is 6.85. The van der Waals surface area contributed by atoms with Gasteiger partial charge in [-0.1, -0.05) is 0 Å². The van der Waals surface area contributed by atoms with Crippen LogP contribution in [0, 0.1) is 25.5 Å². The number of halogens is 3. The van der Waals surface area contributed by atoms with E-state index >= 15 is 0 Å². The molecular weight excluding hydrogens is 304 g/mol. The summed E-state index contributed by atoms with van der Waals surface area (Å²) in [6, 6.07) is 2.48. The molecule has 0 aliphatic heterocycles. The van der Waals surface area contributed by atoms with Crippen molar-refractivity contribution in [3.05, 3.63) is 39.4 Å². The number of rotatable bonds is 1. The number of nitrogen functional groups attached to an aromatic ring is 1. The van der Waals surface area contributed by atoms with Crippen molar-refractivity contribution >= 4 is 21.7 Å². The number of aromatic nitrogens is 2. The van der Waals surface area contributed by atoms with Crippen LogP contribution in [0.5, 0.6) is 0 Å². The van der Waals surface area contributed by atoms with Gasteiger partial charge in [-0.2, -0.15) is 0 Å². The fourth-order valence-electron chi connectivity index (χ4n) is 1.61. The van der Waals surface area contributed by atoms with E-state index in [9.17, 15) is 8.78 Å². The van der Waals surface area contributed by atoms with Crippen molar-refractivity contribution in [2.24, 2.45) is 0 Å². The number of hydrogen-bond acceptors (Lipinski definition) is 3. The fraction of sp³-hybridized carbons (Fsp3) is 0.167. The molecule has 2 rings (SSSR count). The molecule has 1 aromatic heterocycles. The summed E-state index contributed by atoms with van der Waals surface area (Å²) in [7, 11) is 0. The summed E-state index contributed by atoms with van der Waals surface area (Å²) in [5, 5.41) is 7.50. The highest BCUT2D eigenvalue weighted by atomic mass is 79.9. The molecule has 94 valence electrons. The Morgan fingerprint density at radius 2 is 1.78 bits per heavy atom. The minimum Gasteiger partial charge on any atom is -0.382 e. The second-order valence-electron chi connectivity index (χ2n) is 3.90. The third-order valence-electron chi connectivity index (χ3n) is 2.84. The quantitative estimate of drug-likeness (QED) is 0.821. The molecule has 0 saturated heterocycles. The normalized spacial score (nSPS) is 10.7. The third-order valence-corrected chi connectivity index (χ3v) is 3.45. The van der Waals surface area contributed by atoms with Gasteiger partial charge in [-0.15, -0.1) is 10.2 Å². The van der Waals surface area contributed by atoms with E-state index in [-0.39, 0.29) is 21.5 Å². The van der Waals surface area contributed by atoms with Gasteiger partial charge in [0.1, 0.15) is 23.1 Å². The summed E-state index contributed by atoms with van der Waals surface area (Å²) in [4.78, 5) is 0. The Bertz CT molecular complexity index is 629. The lowest BCUT2D eigenvalue weighted by Crippen LogP contribution is -2.04. The molecule has 1 aromatic carbocycles. The highest BCUT2D eigenvalue weighted by Crippen LogP contribution is 2.32. The maximum Gasteiger partial charge on any atom is 0.149 e. The van der Waals surface area contributed by atoms with Gasteiger partial charge in [0.15, 0.2) is 0 Å². The van der Waals surface area contributed by atoms with E-state index in [1.807, 2.05) is 0 Å². The van der Waals surface area contributed by atoms with E-state index in [2.05, 4.69) is 26.1 Å². The highest BCUT2D eigenvalue weighted by Gasteiger charge is 2.19. The van der Waals surface area contributed by atoms with Gasteiger partial charge in [-0.05, 0) is 53.0 Å². The molecular formula is C12H10BrF2N3. The van der Waals surface area contributed by atoms with Gasteiger partial charge in [0.05, 0.1) is 10.0 Å². The molecule has 0 amide bonds. The van der Waals surface area contributed by atoms with Crippen molar-refractivity contribution in [3.63, 3.8) is 0 Å². The number of nitrogens with two attached hydrogens (primary N) is 1. The Hall–Kier alpha value is -1.56. The zero-order valence-corrected chi connectivity index (χ0v) is 11.3. The van der Waals surface area contributed by atoms with Gasteiger partial charge in [0.2, 0.25) is 0 Å². The van der Waals surface area contributed by atoms with Crippen molar-refractivity contribution in [1.29, 1.82) is 0 Å². The Balaban J connectivity index is 2.78. The van der Waals surface area contributed by atoms with E-state index in [0.717, 1.165) is 0 Å². The first-order valence-corrected chi connectivity index (χ1v) is 5.96. The van der Waals surface area contributed by atoms with Crippen molar-refractivity contribution in [1.82, 2.24) is 10.2 Å². The first kappa shape index (κ1) is 12.9. The van der Waals surface area contributed by atoms with Crippen LogP contribution >= 0.6 is 15.9 Å². The molecule has 3 nitrogen and oxygen atoms in total. The Labute approximate surface area is 111 Å². The maximum absolute atomic E-state index is 14.0. The lowest BCUT2D eigenvalue weighted by Gasteiger charge is -2.11. The lowest BCUT2D eigenvalue weighted by molar-refractivity contribution is 0.583. The first-order valence-electron chi connectivity index (χ1n) is 5.16. The highest BCUT2D eigenvalue weighted by molar-refractivity contribution is 9.10. The molecule has 6 heteroatoms. The molecule has 0 aliphatic rings. The molecule has 1 heterocycles. The van der Waals surface area contributed by atoms with Crippen molar-refractivity contribution in [3.8, 4) is 11.3 Å². The molecule has 18 heavy (non-hydrogen) atoms. The second-order valence-corrected chi connectivity index (χ2v) is 4.76. The van der Waals surface area contributed by atoms with E-state index in [1.165, 1.54) is 12.1 Å². The summed E-state index contributed by atoms with van der Waals surface area (Å²) >= 11 is 3.02. The second kappa shape index (κ2) is 4.61. The van der Waals surface area contributed by atoms with Crippen LogP contribution in [0.3, 0.4) is 0 Å². The predicted molar refractivity (Wildman–Crippen MR) is 69.0 cm³/mol. The molecule has 0 aliphatic carbocycles. The SMILES string of the molecule is Cc1c(N)nnc(-c2c(F)ccc(Br)c2F)c1C. The van der Waals surface area contributed by atoms with Crippen LogP contribution in [0.15, 0.2) is 16.6 Å². The monoisotopic (exact) mass is 313 g/mol.